The predicted octanol–water partition coefficient (Wildman–Crippen LogP) is 3.29. The summed E-state index contributed by atoms with van der Waals surface area (Å²) in [6, 6.07) is 8.01. The fourth-order valence-corrected chi connectivity index (χ4v) is 3.40. The van der Waals surface area contributed by atoms with Gasteiger partial charge in [0.25, 0.3) is 0 Å². The summed E-state index contributed by atoms with van der Waals surface area (Å²) in [6.07, 6.45) is 7.13. The number of aliphatic carboxylic acids is 1. The van der Waals surface area contributed by atoms with Crippen LogP contribution in [0.1, 0.15) is 56.1 Å². The lowest BCUT2D eigenvalue weighted by Crippen LogP contribution is -2.39. The highest BCUT2D eigenvalue weighted by molar-refractivity contribution is 5.82. The number of hydrogen-bond acceptors (Lipinski definition) is 2. The molecule has 0 fully saturated rings. The molecule has 2 N–H and O–H groups in total. The van der Waals surface area contributed by atoms with Crippen molar-refractivity contribution in [3.8, 4) is 0 Å². The van der Waals surface area contributed by atoms with Gasteiger partial charge in [0.05, 0.1) is 5.41 Å². The molecule has 1 aromatic carbocycles. The van der Waals surface area contributed by atoms with Crippen LogP contribution in [0.25, 0.3) is 0 Å². The second kappa shape index (κ2) is 6.89. The molecule has 0 radical (unpaired) electrons. The quantitative estimate of drug-likeness (QED) is 0.751. The van der Waals surface area contributed by atoms with Gasteiger partial charge in [-0.3, -0.25) is 4.79 Å². The minimum absolute atomic E-state index is 0.229. The van der Waals surface area contributed by atoms with E-state index in [-0.39, 0.29) is 6.61 Å². The van der Waals surface area contributed by atoms with Gasteiger partial charge in [-0.15, -0.1) is 0 Å². The Balaban J connectivity index is 2.13. The Bertz CT molecular complexity index is 455. The van der Waals surface area contributed by atoms with Gasteiger partial charge < -0.3 is 10.2 Å². The number of carboxylic acids is 1. The molecule has 110 valence electrons. The van der Waals surface area contributed by atoms with Gasteiger partial charge in [0.1, 0.15) is 0 Å². The van der Waals surface area contributed by atoms with Gasteiger partial charge in [0, 0.05) is 6.61 Å². The lowest BCUT2D eigenvalue weighted by atomic mass is 9.67. The number of carbonyl (C=O) groups is 1. The summed E-state index contributed by atoms with van der Waals surface area (Å²) in [5.41, 5.74) is 1.55. The molecule has 0 heterocycles. The fourth-order valence-electron chi connectivity index (χ4n) is 3.40. The number of hydrogen-bond donors (Lipinski definition) is 2. The van der Waals surface area contributed by atoms with Crippen LogP contribution in [-0.2, 0) is 16.6 Å². The molecule has 3 nitrogen and oxygen atoms in total. The largest absolute Gasteiger partial charge is 0.481 e. The molecular formula is C17H24O3. The van der Waals surface area contributed by atoms with Gasteiger partial charge in [0.15, 0.2) is 0 Å². The summed E-state index contributed by atoms with van der Waals surface area (Å²) in [5, 5.41) is 18.6. The third-order valence-electron chi connectivity index (χ3n) is 4.50. The number of aliphatic hydroxyl groups is 1. The zero-order valence-corrected chi connectivity index (χ0v) is 12.0. The van der Waals surface area contributed by atoms with E-state index in [1.807, 2.05) is 18.2 Å². The average Bonchev–Trinajstić information content (AvgIpc) is 2.47. The molecule has 0 amide bonds. The Morgan fingerprint density at radius 1 is 1.15 bits per heavy atom. The first-order valence-electron chi connectivity index (χ1n) is 7.63. The molecule has 0 aliphatic heterocycles. The van der Waals surface area contributed by atoms with Crippen LogP contribution in [0.15, 0.2) is 24.3 Å². The first kappa shape index (κ1) is 15.0. The molecule has 1 unspecified atom stereocenters. The second-order valence-corrected chi connectivity index (χ2v) is 5.79. The molecule has 0 saturated carbocycles. The summed E-state index contributed by atoms with van der Waals surface area (Å²) >= 11 is 0. The molecule has 0 bridgehead atoms. The minimum atomic E-state index is -0.686. The van der Waals surface area contributed by atoms with Crippen LogP contribution >= 0.6 is 0 Å². The third kappa shape index (κ3) is 3.04. The summed E-state index contributed by atoms with van der Waals surface area (Å²) in [6.45, 7) is 0.229. The van der Waals surface area contributed by atoms with Crippen molar-refractivity contribution < 1.29 is 15.0 Å². The topological polar surface area (TPSA) is 57.5 Å². The Labute approximate surface area is 120 Å². The van der Waals surface area contributed by atoms with E-state index in [1.54, 1.807) is 0 Å². The van der Waals surface area contributed by atoms with Gasteiger partial charge in [-0.2, -0.15) is 0 Å². The second-order valence-electron chi connectivity index (χ2n) is 5.79. The van der Waals surface area contributed by atoms with E-state index in [1.165, 1.54) is 5.56 Å². The Morgan fingerprint density at radius 2 is 1.90 bits per heavy atom. The normalized spacial score (nSPS) is 21.4. The van der Waals surface area contributed by atoms with E-state index in [4.69, 9.17) is 5.11 Å². The molecule has 3 heteroatoms. The van der Waals surface area contributed by atoms with Gasteiger partial charge >= 0.3 is 5.97 Å². The number of rotatable bonds is 7. The molecule has 0 aromatic heterocycles. The molecule has 2 rings (SSSR count). The lowest BCUT2D eigenvalue weighted by molar-refractivity contribution is -0.145. The number of aryl methyl sites for hydroxylation is 1. The molecular weight excluding hydrogens is 252 g/mol. The highest BCUT2D eigenvalue weighted by Crippen LogP contribution is 2.41. The zero-order valence-electron chi connectivity index (χ0n) is 12.0. The van der Waals surface area contributed by atoms with Crippen molar-refractivity contribution in [3.63, 3.8) is 0 Å². The fraction of sp³-hybridized carbons (Fsp3) is 0.588. The number of benzene rings is 1. The maximum Gasteiger partial charge on any atom is 0.314 e. The van der Waals surface area contributed by atoms with Crippen molar-refractivity contribution in [2.24, 2.45) is 0 Å². The number of aliphatic hydroxyl groups excluding tert-OH is 1. The number of carboxylic acid groups (broad SMARTS) is 1. The van der Waals surface area contributed by atoms with Gasteiger partial charge in [-0.25, -0.2) is 0 Å². The molecule has 1 aromatic rings. The van der Waals surface area contributed by atoms with Crippen LogP contribution in [0.3, 0.4) is 0 Å². The number of unbranched alkanes of at least 4 members (excludes halogenated alkanes) is 3. The highest BCUT2D eigenvalue weighted by atomic mass is 16.4. The summed E-state index contributed by atoms with van der Waals surface area (Å²) in [4.78, 5) is 11.9. The van der Waals surface area contributed by atoms with E-state index in [2.05, 4.69) is 6.07 Å². The van der Waals surface area contributed by atoms with Crippen LogP contribution in [0, 0.1) is 0 Å². The molecule has 1 aliphatic rings. The van der Waals surface area contributed by atoms with Crippen molar-refractivity contribution in [3.05, 3.63) is 35.4 Å². The van der Waals surface area contributed by atoms with E-state index in [0.29, 0.717) is 6.42 Å². The Kier molecular flexibility index (Phi) is 5.18. The van der Waals surface area contributed by atoms with E-state index < -0.39 is 11.4 Å². The summed E-state index contributed by atoms with van der Waals surface area (Å²) in [5.74, 6) is -0.674. The SMILES string of the molecule is O=C(O)C1(CCCCCCO)CCCc2ccccc21. The van der Waals surface area contributed by atoms with Crippen molar-refractivity contribution in [1.29, 1.82) is 0 Å². The van der Waals surface area contributed by atoms with E-state index in [9.17, 15) is 9.90 Å². The molecule has 1 atom stereocenters. The van der Waals surface area contributed by atoms with Crippen LogP contribution in [0.2, 0.25) is 0 Å². The Hall–Kier alpha value is -1.35. The highest BCUT2D eigenvalue weighted by Gasteiger charge is 2.42. The molecule has 0 saturated heterocycles. The van der Waals surface area contributed by atoms with Crippen molar-refractivity contribution >= 4 is 5.97 Å². The van der Waals surface area contributed by atoms with E-state index >= 15 is 0 Å². The van der Waals surface area contributed by atoms with Crippen LogP contribution < -0.4 is 0 Å². The lowest BCUT2D eigenvalue weighted by Gasteiger charge is -2.35. The van der Waals surface area contributed by atoms with Gasteiger partial charge in [-0.05, 0) is 43.2 Å². The minimum Gasteiger partial charge on any atom is -0.481 e. The molecule has 0 spiro atoms. The monoisotopic (exact) mass is 276 g/mol. The van der Waals surface area contributed by atoms with Crippen molar-refractivity contribution in [2.75, 3.05) is 6.61 Å². The van der Waals surface area contributed by atoms with Crippen LogP contribution in [0.4, 0.5) is 0 Å². The van der Waals surface area contributed by atoms with E-state index in [0.717, 1.165) is 50.5 Å². The van der Waals surface area contributed by atoms with Crippen LogP contribution in [0.5, 0.6) is 0 Å². The maximum atomic E-state index is 11.9. The Morgan fingerprint density at radius 3 is 2.65 bits per heavy atom. The predicted molar refractivity (Wildman–Crippen MR) is 78.9 cm³/mol. The maximum absolute atomic E-state index is 11.9. The summed E-state index contributed by atoms with van der Waals surface area (Å²) in [7, 11) is 0. The first-order valence-corrected chi connectivity index (χ1v) is 7.63. The third-order valence-corrected chi connectivity index (χ3v) is 4.50. The molecule has 20 heavy (non-hydrogen) atoms. The van der Waals surface area contributed by atoms with Gasteiger partial charge in [0.2, 0.25) is 0 Å². The van der Waals surface area contributed by atoms with Crippen LogP contribution in [-0.4, -0.2) is 22.8 Å². The summed E-state index contributed by atoms with van der Waals surface area (Å²) < 4.78 is 0. The smallest absolute Gasteiger partial charge is 0.314 e. The standard InChI is InChI=1S/C17H24O3/c18-13-6-2-1-5-11-17(16(19)20)12-7-9-14-8-3-4-10-15(14)17/h3-4,8,10,18H,1-2,5-7,9,11-13H2,(H,19,20). The average molecular weight is 276 g/mol. The molecule has 1 aliphatic carbocycles. The zero-order chi connectivity index (χ0) is 14.4. The number of fused-ring (bicyclic) bond motifs is 1. The van der Waals surface area contributed by atoms with Gasteiger partial charge in [-0.1, -0.05) is 43.5 Å². The van der Waals surface area contributed by atoms with Crippen molar-refractivity contribution in [1.82, 2.24) is 0 Å². The van der Waals surface area contributed by atoms with Crippen molar-refractivity contribution in [2.45, 2.75) is 56.8 Å². The first-order chi connectivity index (χ1) is 9.70.